The number of ether oxygens (including phenoxy) is 1. The monoisotopic (exact) mass is 393 g/mol. The van der Waals surface area contributed by atoms with Gasteiger partial charge in [-0.2, -0.15) is 10.2 Å². The normalized spacial score (nSPS) is 19.5. The van der Waals surface area contributed by atoms with Gasteiger partial charge in [-0.05, 0) is 56.4 Å². The molecule has 3 heterocycles. The second-order valence-electron chi connectivity index (χ2n) is 7.76. The Balaban J connectivity index is 1.69. The molecule has 1 aromatic carbocycles. The molecule has 2 aromatic heterocycles. The maximum atomic E-state index is 9.16. The summed E-state index contributed by atoms with van der Waals surface area (Å²) in [5.41, 5.74) is 1.74. The van der Waals surface area contributed by atoms with Crippen LogP contribution in [-0.2, 0) is 6.54 Å². The average Bonchev–Trinajstić information content (AvgIpc) is 2.98. The number of nitrogens with one attached hydrogen (secondary N) is 1. The summed E-state index contributed by atoms with van der Waals surface area (Å²) < 4.78 is 6.17. The number of fused-ring (bicyclic) bond motifs is 1. The number of nitrogens with zero attached hydrogens (tertiary/aromatic N) is 3. The minimum atomic E-state index is 0.577. The van der Waals surface area contributed by atoms with Crippen molar-refractivity contribution in [3.05, 3.63) is 46.1 Å². The minimum Gasteiger partial charge on any atom is -0.438 e. The smallest absolute Gasteiger partial charge is 0.231 e. The zero-order valence-corrected chi connectivity index (χ0v) is 17.4. The SMILES string of the molecule is Cc1sc2nc(C[NH+]3CCC(C)CC3)nc(Oc3cccc(C#N)c3)c2c1C. The predicted octanol–water partition coefficient (Wildman–Crippen LogP) is 3.79. The van der Waals surface area contributed by atoms with Crippen molar-refractivity contribution >= 4 is 21.6 Å². The lowest BCUT2D eigenvalue weighted by Crippen LogP contribution is -3.11. The third-order valence-electron chi connectivity index (χ3n) is 5.61. The summed E-state index contributed by atoms with van der Waals surface area (Å²) in [7, 11) is 0. The highest BCUT2D eigenvalue weighted by Crippen LogP contribution is 2.36. The molecule has 0 unspecified atom stereocenters. The molecule has 1 saturated heterocycles. The van der Waals surface area contributed by atoms with Crippen molar-refractivity contribution in [3.63, 3.8) is 0 Å². The van der Waals surface area contributed by atoms with E-state index in [9.17, 15) is 0 Å². The Kier molecular flexibility index (Phi) is 5.29. The number of hydrogen-bond acceptors (Lipinski definition) is 5. The molecule has 5 nitrogen and oxygen atoms in total. The maximum Gasteiger partial charge on any atom is 0.231 e. The van der Waals surface area contributed by atoms with E-state index in [-0.39, 0.29) is 0 Å². The van der Waals surface area contributed by atoms with Crippen LogP contribution in [0.25, 0.3) is 10.2 Å². The number of piperidine rings is 1. The fourth-order valence-electron chi connectivity index (χ4n) is 3.72. The first kappa shape index (κ1) is 18.9. The molecule has 0 radical (unpaired) electrons. The van der Waals surface area contributed by atoms with Crippen LogP contribution in [0.15, 0.2) is 24.3 Å². The molecule has 144 valence electrons. The van der Waals surface area contributed by atoms with E-state index in [2.05, 4.69) is 26.8 Å². The van der Waals surface area contributed by atoms with Gasteiger partial charge in [0.05, 0.1) is 30.1 Å². The van der Waals surface area contributed by atoms with E-state index in [1.165, 1.54) is 30.8 Å². The summed E-state index contributed by atoms with van der Waals surface area (Å²) >= 11 is 1.70. The van der Waals surface area contributed by atoms with Gasteiger partial charge in [-0.1, -0.05) is 13.0 Å². The topological polar surface area (TPSA) is 63.2 Å². The summed E-state index contributed by atoms with van der Waals surface area (Å²) in [5.74, 6) is 2.89. The van der Waals surface area contributed by atoms with Crippen LogP contribution in [-0.4, -0.2) is 23.1 Å². The molecule has 4 rings (SSSR count). The molecule has 1 aliphatic heterocycles. The number of quaternary nitrogens is 1. The van der Waals surface area contributed by atoms with Crippen LogP contribution < -0.4 is 9.64 Å². The number of rotatable bonds is 4. The molecule has 1 N–H and O–H groups in total. The predicted molar refractivity (Wildman–Crippen MR) is 111 cm³/mol. The number of thiophene rings is 1. The third kappa shape index (κ3) is 3.87. The summed E-state index contributed by atoms with van der Waals surface area (Å²) in [4.78, 5) is 13.4. The Morgan fingerprint density at radius 1 is 1.25 bits per heavy atom. The van der Waals surface area contributed by atoms with Crippen molar-refractivity contribution in [1.82, 2.24) is 9.97 Å². The summed E-state index contributed by atoms with van der Waals surface area (Å²) in [6.45, 7) is 9.70. The largest absolute Gasteiger partial charge is 0.438 e. The van der Waals surface area contributed by atoms with Gasteiger partial charge in [-0.25, -0.2) is 4.98 Å². The van der Waals surface area contributed by atoms with Gasteiger partial charge in [-0.3, -0.25) is 0 Å². The Labute approximate surface area is 169 Å². The van der Waals surface area contributed by atoms with Crippen molar-refractivity contribution in [2.24, 2.45) is 5.92 Å². The van der Waals surface area contributed by atoms with E-state index in [1.807, 2.05) is 12.1 Å². The van der Waals surface area contributed by atoms with Crippen molar-refractivity contribution in [1.29, 1.82) is 5.26 Å². The van der Waals surface area contributed by atoms with Crippen LogP contribution in [0.2, 0.25) is 0 Å². The van der Waals surface area contributed by atoms with Gasteiger partial charge < -0.3 is 9.64 Å². The first-order valence-corrected chi connectivity index (χ1v) is 10.6. The molecule has 1 aliphatic rings. The zero-order chi connectivity index (χ0) is 19.7. The first-order valence-electron chi connectivity index (χ1n) is 9.81. The summed E-state index contributed by atoms with van der Waals surface area (Å²) in [6, 6.07) is 9.38. The van der Waals surface area contributed by atoms with Crippen LogP contribution in [0.3, 0.4) is 0 Å². The van der Waals surface area contributed by atoms with Gasteiger partial charge in [0.15, 0.2) is 5.82 Å². The van der Waals surface area contributed by atoms with Gasteiger partial charge in [0, 0.05) is 4.88 Å². The molecule has 1 fully saturated rings. The Morgan fingerprint density at radius 3 is 2.79 bits per heavy atom. The molecule has 0 aliphatic carbocycles. The lowest BCUT2D eigenvalue weighted by molar-refractivity contribution is -0.920. The molecule has 6 heteroatoms. The number of aryl methyl sites for hydroxylation is 2. The molecular formula is C22H25N4OS+. The van der Waals surface area contributed by atoms with Crippen molar-refractivity contribution < 1.29 is 9.64 Å². The van der Waals surface area contributed by atoms with Crippen molar-refractivity contribution in [2.75, 3.05) is 13.1 Å². The zero-order valence-electron chi connectivity index (χ0n) is 16.6. The van der Waals surface area contributed by atoms with Gasteiger partial charge in [0.1, 0.15) is 17.1 Å². The first-order chi connectivity index (χ1) is 13.5. The van der Waals surface area contributed by atoms with Crippen molar-refractivity contribution in [2.45, 2.75) is 40.2 Å². The number of aromatic nitrogens is 2. The molecule has 0 spiro atoms. The number of likely N-dealkylation sites (tertiary alicyclic amines) is 1. The van der Waals surface area contributed by atoms with Gasteiger partial charge in [-0.15, -0.1) is 11.3 Å². The number of benzene rings is 1. The highest BCUT2D eigenvalue weighted by molar-refractivity contribution is 7.18. The molecule has 0 amide bonds. The van der Waals surface area contributed by atoms with Crippen LogP contribution in [0.5, 0.6) is 11.6 Å². The quantitative estimate of drug-likeness (QED) is 0.733. The van der Waals surface area contributed by atoms with Gasteiger partial charge in [0.25, 0.3) is 0 Å². The van der Waals surface area contributed by atoms with Crippen LogP contribution in [0, 0.1) is 31.1 Å². The third-order valence-corrected chi connectivity index (χ3v) is 6.71. The highest BCUT2D eigenvalue weighted by atomic mass is 32.1. The van der Waals surface area contributed by atoms with E-state index in [0.29, 0.717) is 17.2 Å². The molecule has 0 atom stereocenters. The van der Waals surface area contributed by atoms with E-state index in [1.54, 1.807) is 28.4 Å². The van der Waals surface area contributed by atoms with Crippen LogP contribution in [0.1, 0.15) is 41.6 Å². The molecule has 3 aromatic rings. The lowest BCUT2D eigenvalue weighted by atomic mass is 9.99. The molecule has 28 heavy (non-hydrogen) atoms. The summed E-state index contributed by atoms with van der Waals surface area (Å²) in [5, 5.41) is 10.1. The molecular weight excluding hydrogens is 368 g/mol. The second kappa shape index (κ2) is 7.86. The molecule has 0 bridgehead atoms. The Morgan fingerprint density at radius 2 is 2.04 bits per heavy atom. The molecule has 0 saturated carbocycles. The number of nitriles is 1. The second-order valence-corrected chi connectivity index (χ2v) is 8.96. The Bertz CT molecular complexity index is 1040. The van der Waals surface area contributed by atoms with Crippen LogP contribution >= 0.6 is 11.3 Å². The van der Waals surface area contributed by atoms with E-state index >= 15 is 0 Å². The standard InChI is InChI=1S/C22H24N4OS/c1-14-7-9-26(10-8-14)13-19-24-21(20-15(2)16(3)28-22(20)25-19)27-18-6-4-5-17(11-18)12-23/h4-6,11,14H,7-10,13H2,1-3H3/p+1. The van der Waals surface area contributed by atoms with Gasteiger partial charge in [0.2, 0.25) is 5.88 Å². The fraction of sp³-hybridized carbons (Fsp3) is 0.409. The van der Waals surface area contributed by atoms with E-state index < -0.39 is 0 Å². The Hall–Kier alpha value is -2.49. The average molecular weight is 394 g/mol. The van der Waals surface area contributed by atoms with Crippen LogP contribution in [0.4, 0.5) is 0 Å². The fourth-order valence-corrected chi connectivity index (χ4v) is 4.76. The minimum absolute atomic E-state index is 0.577. The van der Waals surface area contributed by atoms with E-state index in [4.69, 9.17) is 20.0 Å². The van der Waals surface area contributed by atoms with E-state index in [0.717, 1.165) is 34.1 Å². The maximum absolute atomic E-state index is 9.16. The number of hydrogen-bond donors (Lipinski definition) is 1. The van der Waals surface area contributed by atoms with Gasteiger partial charge >= 0.3 is 0 Å². The van der Waals surface area contributed by atoms with Crippen molar-refractivity contribution in [3.8, 4) is 17.7 Å². The highest BCUT2D eigenvalue weighted by Gasteiger charge is 2.22. The summed E-state index contributed by atoms with van der Waals surface area (Å²) in [6.07, 6.45) is 2.53. The lowest BCUT2D eigenvalue weighted by Gasteiger charge is -2.26.